The molecule has 0 bridgehead atoms. The topological polar surface area (TPSA) is 3.24 Å². The third-order valence-corrected chi connectivity index (χ3v) is 6.10. The first-order valence-corrected chi connectivity index (χ1v) is 7.02. The van der Waals surface area contributed by atoms with E-state index in [2.05, 4.69) is 11.8 Å². The van der Waals surface area contributed by atoms with Crippen LogP contribution < -0.4 is 0 Å². The number of terminal acetylenes is 2. The van der Waals surface area contributed by atoms with Crippen molar-refractivity contribution in [3.05, 3.63) is 0 Å². The number of nitrogens with zero attached hydrogens (tertiary/aromatic N) is 1. The van der Waals surface area contributed by atoms with Gasteiger partial charge in [0.25, 0.3) is 0 Å². The van der Waals surface area contributed by atoms with E-state index in [0.717, 1.165) is 0 Å². The van der Waals surface area contributed by atoms with Crippen LogP contribution in [0.5, 0.6) is 0 Å². The van der Waals surface area contributed by atoms with Crippen LogP contribution in [-0.2, 0) is 29.7 Å². The Morgan fingerprint density at radius 2 is 2.00 bits per heavy atom. The summed E-state index contributed by atoms with van der Waals surface area (Å²) in [6.07, 6.45) is 10.7. The molecule has 2 unspecified atom stereocenters. The first kappa shape index (κ1) is 9.95. The van der Waals surface area contributed by atoms with Gasteiger partial charge in [-0.1, -0.05) is 11.8 Å². The van der Waals surface area contributed by atoms with Gasteiger partial charge in [-0.15, -0.1) is 12.8 Å². The lowest BCUT2D eigenvalue weighted by Gasteiger charge is -2.17. The summed E-state index contributed by atoms with van der Waals surface area (Å²) in [5.74, 6) is 6.05. The Labute approximate surface area is 83.5 Å². The van der Waals surface area contributed by atoms with E-state index in [0.29, 0.717) is 5.75 Å². The van der Waals surface area contributed by atoms with Gasteiger partial charge in [0.2, 0.25) is 0 Å². The molecule has 0 aromatic carbocycles. The Bertz CT molecular complexity index is 355. The molecule has 0 amide bonds. The van der Waals surface area contributed by atoms with Crippen LogP contribution in [0, 0.1) is 30.6 Å². The van der Waals surface area contributed by atoms with Crippen molar-refractivity contribution in [1.29, 1.82) is 0 Å². The third kappa shape index (κ3) is 1.48. The van der Waals surface area contributed by atoms with E-state index >= 15 is 0 Å². The fraction of sp³-hybridized carbons (Fsp3) is 0.500. The highest BCUT2D eigenvalue weighted by Crippen LogP contribution is 2.24. The Morgan fingerprint density at radius 1 is 1.42 bits per heavy atom. The Hall–Kier alpha value is -0.130. The summed E-state index contributed by atoms with van der Waals surface area (Å²) in [7, 11) is 0.340. The van der Waals surface area contributed by atoms with Gasteiger partial charge >= 0.3 is 0 Å². The zero-order valence-electron chi connectivity index (χ0n) is 6.69. The molecule has 0 spiro atoms. The lowest BCUT2D eigenvalue weighted by molar-refractivity contribution is 0.462. The maximum Gasteiger partial charge on any atom is 0.0955 e. The number of hydrogen-bond donors (Lipinski definition) is 0. The second kappa shape index (κ2) is 3.32. The van der Waals surface area contributed by atoms with E-state index in [1.165, 1.54) is 0 Å². The van der Waals surface area contributed by atoms with Crippen LogP contribution in [0.15, 0.2) is 0 Å². The summed E-state index contributed by atoms with van der Waals surface area (Å²) in [6.45, 7) is 0. The van der Waals surface area contributed by atoms with Gasteiger partial charge in [-0.2, -0.15) is 0 Å². The monoisotopic (exact) mass is 215 g/mol. The first-order chi connectivity index (χ1) is 5.53. The molecular weight excluding hydrogens is 206 g/mol. The van der Waals surface area contributed by atoms with E-state index < -0.39 is 7.33 Å². The van der Waals surface area contributed by atoms with Gasteiger partial charge in [0.05, 0.1) is 12.0 Å². The molecule has 1 aliphatic heterocycles. The molecule has 12 heavy (non-hydrogen) atoms. The lowest BCUT2D eigenvalue weighted by atomic mass is 10.0. The van der Waals surface area contributed by atoms with Crippen molar-refractivity contribution in [1.82, 2.24) is 4.31 Å². The maximum atomic E-state index is 5.34. The predicted molar refractivity (Wildman–Crippen MR) is 59.7 cm³/mol. The van der Waals surface area contributed by atoms with Crippen molar-refractivity contribution in [2.75, 3.05) is 12.8 Å². The van der Waals surface area contributed by atoms with E-state index in [1.54, 1.807) is 0 Å². The van der Waals surface area contributed by atoms with E-state index in [4.69, 9.17) is 35.2 Å². The first-order valence-electron chi connectivity index (χ1n) is 3.41. The smallest absolute Gasteiger partial charge is 0.0955 e. The average Bonchev–Trinajstić information content (AvgIpc) is 2.24. The zero-order chi connectivity index (χ0) is 9.35. The zero-order valence-corrected chi connectivity index (χ0v) is 9.14. The quantitative estimate of drug-likeness (QED) is 0.531. The van der Waals surface area contributed by atoms with Crippen LogP contribution >= 0.6 is 0 Å². The highest BCUT2D eigenvalue weighted by Gasteiger charge is 2.35. The second-order valence-corrected chi connectivity index (χ2v) is 8.69. The highest BCUT2D eigenvalue weighted by molar-refractivity contribution is 8.55. The van der Waals surface area contributed by atoms with Crippen LogP contribution in [0.3, 0.4) is 0 Å². The van der Waals surface area contributed by atoms with Crippen molar-refractivity contribution < 1.29 is 0 Å². The largest absolute Gasteiger partial charge is 0.232 e. The van der Waals surface area contributed by atoms with Crippen molar-refractivity contribution in [3.63, 3.8) is 0 Å². The Kier molecular flexibility index (Phi) is 2.75. The van der Waals surface area contributed by atoms with Gasteiger partial charge in [-0.3, -0.25) is 0 Å². The van der Waals surface area contributed by atoms with Gasteiger partial charge in [-0.05, 0) is 36.8 Å². The fourth-order valence-corrected chi connectivity index (χ4v) is 4.18. The summed E-state index contributed by atoms with van der Waals surface area (Å²) in [4.78, 5) is 0. The summed E-state index contributed by atoms with van der Waals surface area (Å²) >= 11 is 10.5. The standard InChI is InChI=1S/C8H9NS3/c1-4-7-6-12(10,11)9(3)8(7)5-2/h1-2,7-8H,6H2,3H3. The second-order valence-electron chi connectivity index (χ2n) is 2.68. The van der Waals surface area contributed by atoms with Gasteiger partial charge in [-0.25, -0.2) is 4.31 Å². The lowest BCUT2D eigenvalue weighted by Crippen LogP contribution is -2.28. The van der Waals surface area contributed by atoms with Crippen LogP contribution in [0.25, 0.3) is 0 Å². The molecule has 1 fully saturated rings. The van der Waals surface area contributed by atoms with Gasteiger partial charge in [0, 0.05) is 5.75 Å². The molecule has 0 aromatic rings. The molecular formula is C8H9NS3. The SMILES string of the molecule is C#CC1CS(=S)(=S)N(C)C1C#C. The molecule has 1 nitrogen and oxygen atoms in total. The average molecular weight is 215 g/mol. The summed E-state index contributed by atoms with van der Waals surface area (Å²) in [5.41, 5.74) is 0. The Morgan fingerprint density at radius 3 is 2.33 bits per heavy atom. The van der Waals surface area contributed by atoms with Crippen LogP contribution in [0.2, 0.25) is 0 Å². The molecule has 64 valence electrons. The van der Waals surface area contributed by atoms with Crippen molar-refractivity contribution in [2.45, 2.75) is 6.04 Å². The molecule has 0 aromatic heterocycles. The molecule has 0 aliphatic carbocycles. The molecule has 0 radical (unpaired) electrons. The molecule has 1 rings (SSSR count). The normalized spacial score (nSPS) is 33.9. The minimum Gasteiger partial charge on any atom is -0.232 e. The highest BCUT2D eigenvalue weighted by atomic mass is 33.1. The maximum absolute atomic E-state index is 5.34. The molecule has 1 heterocycles. The van der Waals surface area contributed by atoms with Gasteiger partial charge in [0.15, 0.2) is 0 Å². The molecule has 0 saturated carbocycles. The van der Waals surface area contributed by atoms with Crippen molar-refractivity contribution in [3.8, 4) is 24.7 Å². The van der Waals surface area contributed by atoms with Gasteiger partial charge < -0.3 is 0 Å². The van der Waals surface area contributed by atoms with Crippen molar-refractivity contribution in [2.24, 2.45) is 5.92 Å². The van der Waals surface area contributed by atoms with E-state index in [1.807, 2.05) is 11.4 Å². The minimum absolute atomic E-state index is 0.0463. The minimum atomic E-state index is -1.53. The molecule has 4 heteroatoms. The van der Waals surface area contributed by atoms with Crippen LogP contribution in [-0.4, -0.2) is 23.1 Å². The van der Waals surface area contributed by atoms with E-state index in [9.17, 15) is 0 Å². The number of hydrogen-bond acceptors (Lipinski definition) is 2. The molecule has 0 N–H and O–H groups in total. The van der Waals surface area contributed by atoms with Crippen molar-refractivity contribution >= 4 is 29.7 Å². The number of rotatable bonds is 0. The van der Waals surface area contributed by atoms with E-state index in [-0.39, 0.29) is 12.0 Å². The summed E-state index contributed by atoms with van der Waals surface area (Å²) in [5, 5.41) is 0. The van der Waals surface area contributed by atoms with Gasteiger partial charge in [0.1, 0.15) is 0 Å². The molecule has 1 aliphatic rings. The van der Waals surface area contributed by atoms with Crippen LogP contribution in [0.4, 0.5) is 0 Å². The molecule has 2 atom stereocenters. The molecule has 1 saturated heterocycles. The Balaban J connectivity index is 3.07. The third-order valence-electron chi connectivity index (χ3n) is 1.99. The fourth-order valence-electron chi connectivity index (χ4n) is 1.22. The predicted octanol–water partition coefficient (Wildman–Crippen LogP) is 0.176. The summed E-state index contributed by atoms with van der Waals surface area (Å²) < 4.78 is 1.90. The summed E-state index contributed by atoms with van der Waals surface area (Å²) in [6, 6.07) is -0.0556. The van der Waals surface area contributed by atoms with Crippen LogP contribution in [0.1, 0.15) is 0 Å².